The summed E-state index contributed by atoms with van der Waals surface area (Å²) in [5, 5.41) is 3.09. The topological polar surface area (TPSA) is 34.1 Å². The Morgan fingerprint density at radius 3 is 2.88 bits per heavy atom. The van der Waals surface area contributed by atoms with Gasteiger partial charge in [-0.25, -0.2) is 9.37 Å². The summed E-state index contributed by atoms with van der Waals surface area (Å²) in [6, 6.07) is 1.68. The summed E-state index contributed by atoms with van der Waals surface area (Å²) in [7, 11) is 0. The summed E-state index contributed by atoms with van der Waals surface area (Å²) in [4.78, 5) is 3.92. The molecule has 96 valence electrons. The molecule has 4 heteroatoms. The highest BCUT2D eigenvalue weighted by Gasteiger charge is 2.09. The van der Waals surface area contributed by atoms with E-state index < -0.39 is 0 Å². The SMILES string of the molecule is CCCCCOc1nccc(CNCC)c1F. The number of hydrogen-bond donors (Lipinski definition) is 1. The molecule has 0 aliphatic carbocycles. The summed E-state index contributed by atoms with van der Waals surface area (Å²) >= 11 is 0. The Hall–Kier alpha value is -1.16. The molecule has 0 unspecified atom stereocenters. The number of nitrogens with one attached hydrogen (secondary N) is 1. The highest BCUT2D eigenvalue weighted by atomic mass is 19.1. The van der Waals surface area contributed by atoms with Gasteiger partial charge in [0.2, 0.25) is 0 Å². The van der Waals surface area contributed by atoms with E-state index in [1.165, 1.54) is 0 Å². The van der Waals surface area contributed by atoms with Crippen LogP contribution in [0.25, 0.3) is 0 Å². The molecular weight excluding hydrogens is 219 g/mol. The number of pyridine rings is 1. The number of aromatic nitrogens is 1. The molecule has 3 nitrogen and oxygen atoms in total. The van der Waals surface area contributed by atoms with Crippen LogP contribution >= 0.6 is 0 Å². The fourth-order valence-electron chi connectivity index (χ4n) is 1.48. The lowest BCUT2D eigenvalue weighted by molar-refractivity contribution is 0.278. The molecule has 1 aromatic heterocycles. The standard InChI is InChI=1S/C13H21FN2O/c1-3-5-6-9-17-13-12(14)11(7-8-16-13)10-15-4-2/h7-8,15H,3-6,9-10H2,1-2H3. The van der Waals surface area contributed by atoms with Gasteiger partial charge in [0.15, 0.2) is 5.82 Å². The van der Waals surface area contributed by atoms with Crippen LogP contribution in [-0.4, -0.2) is 18.1 Å². The first-order chi connectivity index (χ1) is 8.29. The van der Waals surface area contributed by atoms with Crippen molar-refractivity contribution in [1.29, 1.82) is 0 Å². The number of ether oxygens (including phenoxy) is 1. The third-order valence-corrected chi connectivity index (χ3v) is 2.49. The minimum absolute atomic E-state index is 0.122. The maximum absolute atomic E-state index is 13.9. The average Bonchev–Trinajstić information content (AvgIpc) is 2.35. The van der Waals surface area contributed by atoms with Crippen LogP contribution in [0.5, 0.6) is 5.88 Å². The first-order valence-corrected chi connectivity index (χ1v) is 6.26. The monoisotopic (exact) mass is 240 g/mol. The molecule has 0 aliphatic heterocycles. The van der Waals surface area contributed by atoms with Crippen molar-refractivity contribution in [2.75, 3.05) is 13.2 Å². The van der Waals surface area contributed by atoms with Crippen molar-refractivity contribution in [2.45, 2.75) is 39.7 Å². The van der Waals surface area contributed by atoms with E-state index in [0.717, 1.165) is 25.8 Å². The van der Waals surface area contributed by atoms with Crippen LogP contribution in [0.15, 0.2) is 12.3 Å². The Morgan fingerprint density at radius 1 is 1.35 bits per heavy atom. The largest absolute Gasteiger partial charge is 0.476 e. The second kappa shape index (κ2) is 8.01. The zero-order valence-electron chi connectivity index (χ0n) is 10.6. The summed E-state index contributed by atoms with van der Waals surface area (Å²) in [6.45, 7) is 5.96. The van der Waals surface area contributed by atoms with Crippen LogP contribution in [-0.2, 0) is 6.54 Å². The van der Waals surface area contributed by atoms with Gasteiger partial charge in [0.1, 0.15) is 0 Å². The molecule has 0 saturated heterocycles. The van der Waals surface area contributed by atoms with Crippen molar-refractivity contribution in [2.24, 2.45) is 0 Å². The van der Waals surface area contributed by atoms with Gasteiger partial charge in [0.25, 0.3) is 5.88 Å². The number of unbranched alkanes of at least 4 members (excludes halogenated alkanes) is 2. The van der Waals surface area contributed by atoms with Crippen molar-refractivity contribution in [3.63, 3.8) is 0 Å². The molecule has 1 N–H and O–H groups in total. The van der Waals surface area contributed by atoms with Gasteiger partial charge in [0.05, 0.1) is 6.61 Å². The first kappa shape index (κ1) is 13.9. The molecule has 0 aliphatic rings. The zero-order valence-corrected chi connectivity index (χ0v) is 10.6. The fourth-order valence-corrected chi connectivity index (χ4v) is 1.48. The van der Waals surface area contributed by atoms with Gasteiger partial charge in [-0.2, -0.15) is 0 Å². The molecule has 1 aromatic rings. The van der Waals surface area contributed by atoms with Gasteiger partial charge in [0, 0.05) is 18.3 Å². The molecule has 17 heavy (non-hydrogen) atoms. The van der Waals surface area contributed by atoms with Gasteiger partial charge < -0.3 is 10.1 Å². The maximum Gasteiger partial charge on any atom is 0.250 e. The molecule has 0 radical (unpaired) electrons. The van der Waals surface area contributed by atoms with E-state index in [-0.39, 0.29) is 11.7 Å². The minimum Gasteiger partial charge on any atom is -0.476 e. The van der Waals surface area contributed by atoms with Crippen molar-refractivity contribution in [3.8, 4) is 5.88 Å². The number of hydrogen-bond acceptors (Lipinski definition) is 3. The van der Waals surface area contributed by atoms with Gasteiger partial charge in [-0.15, -0.1) is 0 Å². The first-order valence-electron chi connectivity index (χ1n) is 6.26. The van der Waals surface area contributed by atoms with Crippen molar-refractivity contribution in [1.82, 2.24) is 10.3 Å². The van der Waals surface area contributed by atoms with E-state index in [2.05, 4.69) is 17.2 Å². The van der Waals surface area contributed by atoms with Gasteiger partial charge in [-0.1, -0.05) is 26.7 Å². The van der Waals surface area contributed by atoms with Gasteiger partial charge >= 0.3 is 0 Å². The second-order valence-corrected chi connectivity index (χ2v) is 3.93. The Bertz CT molecular complexity index is 331. The van der Waals surface area contributed by atoms with Crippen LogP contribution in [0, 0.1) is 5.82 Å². The lowest BCUT2D eigenvalue weighted by Gasteiger charge is -2.09. The van der Waals surface area contributed by atoms with Crippen LogP contribution in [0.1, 0.15) is 38.7 Å². The Morgan fingerprint density at radius 2 is 2.18 bits per heavy atom. The maximum atomic E-state index is 13.9. The normalized spacial score (nSPS) is 10.5. The average molecular weight is 240 g/mol. The zero-order chi connectivity index (χ0) is 12.5. The predicted molar refractivity (Wildman–Crippen MR) is 66.6 cm³/mol. The van der Waals surface area contributed by atoms with E-state index in [1.807, 2.05) is 6.92 Å². The van der Waals surface area contributed by atoms with Crippen molar-refractivity contribution >= 4 is 0 Å². The Labute approximate surface area is 102 Å². The van der Waals surface area contributed by atoms with Crippen LogP contribution in [0.4, 0.5) is 4.39 Å². The molecule has 0 bridgehead atoms. The number of halogens is 1. The second-order valence-electron chi connectivity index (χ2n) is 3.93. The molecule has 0 fully saturated rings. The summed E-state index contributed by atoms with van der Waals surface area (Å²) in [5.74, 6) is -0.221. The predicted octanol–water partition coefficient (Wildman–Crippen LogP) is 2.90. The van der Waals surface area contributed by atoms with E-state index in [4.69, 9.17) is 4.74 Å². The molecule has 0 spiro atoms. The van der Waals surface area contributed by atoms with Gasteiger partial charge in [-0.05, 0) is 19.0 Å². The van der Waals surface area contributed by atoms with Crippen molar-refractivity contribution in [3.05, 3.63) is 23.6 Å². The lowest BCUT2D eigenvalue weighted by atomic mass is 10.2. The summed E-state index contributed by atoms with van der Waals surface area (Å²) in [5.41, 5.74) is 0.604. The third-order valence-electron chi connectivity index (χ3n) is 2.49. The van der Waals surface area contributed by atoms with E-state index in [1.54, 1.807) is 12.3 Å². The molecule has 0 aromatic carbocycles. The summed E-state index contributed by atoms with van der Waals surface area (Å²) < 4.78 is 19.2. The molecule has 0 atom stereocenters. The Balaban J connectivity index is 2.53. The highest BCUT2D eigenvalue weighted by Crippen LogP contribution is 2.17. The lowest BCUT2D eigenvalue weighted by Crippen LogP contribution is -2.14. The molecule has 1 heterocycles. The van der Waals surface area contributed by atoms with Crippen LogP contribution < -0.4 is 10.1 Å². The van der Waals surface area contributed by atoms with Crippen LogP contribution in [0.3, 0.4) is 0 Å². The summed E-state index contributed by atoms with van der Waals surface area (Å²) in [6.07, 6.45) is 4.75. The smallest absolute Gasteiger partial charge is 0.250 e. The quantitative estimate of drug-likeness (QED) is 0.709. The number of rotatable bonds is 8. The molecule has 0 saturated carbocycles. The molecule has 0 amide bonds. The molecular formula is C13H21FN2O. The number of nitrogens with zero attached hydrogens (tertiary/aromatic N) is 1. The van der Waals surface area contributed by atoms with Gasteiger partial charge in [-0.3, -0.25) is 0 Å². The molecule has 1 rings (SSSR count). The fraction of sp³-hybridized carbons (Fsp3) is 0.615. The minimum atomic E-state index is -0.343. The van der Waals surface area contributed by atoms with E-state index in [0.29, 0.717) is 18.7 Å². The third kappa shape index (κ3) is 4.69. The highest BCUT2D eigenvalue weighted by molar-refractivity contribution is 5.23. The van der Waals surface area contributed by atoms with E-state index in [9.17, 15) is 4.39 Å². The van der Waals surface area contributed by atoms with E-state index >= 15 is 0 Å². The van der Waals surface area contributed by atoms with Crippen molar-refractivity contribution < 1.29 is 9.13 Å². The Kier molecular flexibility index (Phi) is 6.55. The van der Waals surface area contributed by atoms with Crippen LogP contribution in [0.2, 0.25) is 0 Å².